The first kappa shape index (κ1) is 10.7. The average Bonchev–Trinajstić information content (AvgIpc) is 2.55. The van der Waals surface area contributed by atoms with Crippen molar-refractivity contribution in [2.75, 3.05) is 0 Å². The molecular formula is C8H2Br2F2S2. The number of hydrogen-bond donors (Lipinski definition) is 0. The van der Waals surface area contributed by atoms with E-state index in [0.717, 1.165) is 0 Å². The van der Waals surface area contributed by atoms with Gasteiger partial charge in [-0.1, -0.05) is 0 Å². The second-order valence-corrected chi connectivity index (χ2v) is 7.32. The van der Waals surface area contributed by atoms with Crippen LogP contribution in [-0.2, 0) is 0 Å². The van der Waals surface area contributed by atoms with Crippen LogP contribution in [0, 0.1) is 11.6 Å². The average molecular weight is 360 g/mol. The maximum absolute atomic E-state index is 13.3. The predicted octanol–water partition coefficient (Wildman–Crippen LogP) is 5.28. The lowest BCUT2D eigenvalue weighted by Crippen LogP contribution is -1.74. The van der Waals surface area contributed by atoms with Gasteiger partial charge in [-0.3, -0.25) is 0 Å². The number of hydrogen-bond acceptors (Lipinski definition) is 2. The number of thiophene rings is 2. The van der Waals surface area contributed by atoms with Crippen molar-refractivity contribution in [2.24, 2.45) is 0 Å². The molecule has 0 amide bonds. The Morgan fingerprint density at radius 3 is 1.43 bits per heavy atom. The Bertz CT molecular complexity index is 431. The van der Waals surface area contributed by atoms with Crippen LogP contribution >= 0.6 is 54.5 Å². The van der Waals surface area contributed by atoms with Crippen LogP contribution in [0.4, 0.5) is 8.78 Å². The van der Waals surface area contributed by atoms with Crippen molar-refractivity contribution in [1.29, 1.82) is 0 Å². The maximum atomic E-state index is 13.3. The first-order valence-electron chi connectivity index (χ1n) is 3.48. The summed E-state index contributed by atoms with van der Waals surface area (Å²) in [4.78, 5) is 0.676. The van der Waals surface area contributed by atoms with E-state index in [4.69, 9.17) is 0 Å². The van der Waals surface area contributed by atoms with Crippen LogP contribution in [0.2, 0.25) is 0 Å². The third-order valence-electron chi connectivity index (χ3n) is 1.52. The summed E-state index contributed by atoms with van der Waals surface area (Å²) in [5.74, 6) is -0.787. The minimum absolute atomic E-state index is 0.338. The highest BCUT2D eigenvalue weighted by Crippen LogP contribution is 2.41. The number of halogens is 4. The molecule has 6 heteroatoms. The lowest BCUT2D eigenvalue weighted by atomic mass is 10.3. The van der Waals surface area contributed by atoms with Crippen molar-refractivity contribution >= 4 is 54.5 Å². The molecule has 0 saturated heterocycles. The Labute approximate surface area is 104 Å². The van der Waals surface area contributed by atoms with Gasteiger partial charge in [0.25, 0.3) is 0 Å². The van der Waals surface area contributed by atoms with Gasteiger partial charge in [0.1, 0.15) is 11.6 Å². The molecule has 0 radical (unpaired) electrons. The van der Waals surface area contributed by atoms with Crippen molar-refractivity contribution in [3.8, 4) is 9.75 Å². The van der Waals surface area contributed by atoms with Crippen LogP contribution < -0.4 is 0 Å². The minimum atomic E-state index is -0.393. The zero-order valence-corrected chi connectivity index (χ0v) is 11.3. The smallest absolute Gasteiger partial charge is 0.143 e. The Morgan fingerprint density at radius 2 is 1.21 bits per heavy atom. The highest BCUT2D eigenvalue weighted by Gasteiger charge is 2.16. The van der Waals surface area contributed by atoms with E-state index in [1.54, 1.807) is 0 Å². The molecule has 0 unspecified atom stereocenters. The molecule has 0 aromatic carbocycles. The van der Waals surface area contributed by atoms with Crippen LogP contribution in [0.15, 0.2) is 19.7 Å². The zero-order chi connectivity index (χ0) is 10.3. The molecule has 2 heterocycles. The van der Waals surface area contributed by atoms with Crippen molar-refractivity contribution in [1.82, 2.24) is 0 Å². The van der Waals surface area contributed by atoms with E-state index in [1.165, 1.54) is 34.8 Å². The van der Waals surface area contributed by atoms with E-state index >= 15 is 0 Å². The fraction of sp³-hybridized carbons (Fsp3) is 0. The lowest BCUT2D eigenvalue weighted by Gasteiger charge is -1.91. The zero-order valence-electron chi connectivity index (χ0n) is 6.48. The van der Waals surface area contributed by atoms with Crippen LogP contribution in [0.5, 0.6) is 0 Å². The van der Waals surface area contributed by atoms with Gasteiger partial charge in [0.2, 0.25) is 0 Å². The summed E-state index contributed by atoms with van der Waals surface area (Å²) in [6.07, 6.45) is 0. The van der Waals surface area contributed by atoms with E-state index in [1.807, 2.05) is 0 Å². The van der Waals surface area contributed by atoms with Gasteiger partial charge >= 0.3 is 0 Å². The van der Waals surface area contributed by atoms with Crippen LogP contribution in [-0.4, -0.2) is 0 Å². The van der Waals surface area contributed by atoms with Gasteiger partial charge in [-0.2, -0.15) is 0 Å². The standard InChI is InChI=1S/C8H2Br2F2S2/c9-5-1-3(11)7(13-5)8-4(12)2-6(10)14-8/h1-2H. The molecule has 2 rings (SSSR count). The van der Waals surface area contributed by atoms with Crippen molar-refractivity contribution in [3.05, 3.63) is 31.3 Å². The molecule has 0 bridgehead atoms. The lowest BCUT2D eigenvalue weighted by molar-refractivity contribution is 0.623. The summed E-state index contributed by atoms with van der Waals surface area (Å²) in [5, 5.41) is 0. The largest absolute Gasteiger partial charge is 0.205 e. The van der Waals surface area contributed by atoms with Crippen LogP contribution in [0.1, 0.15) is 0 Å². The van der Waals surface area contributed by atoms with E-state index in [2.05, 4.69) is 31.9 Å². The highest BCUT2D eigenvalue weighted by atomic mass is 79.9. The highest BCUT2D eigenvalue weighted by molar-refractivity contribution is 9.11. The molecule has 2 aromatic rings. The first-order valence-corrected chi connectivity index (χ1v) is 6.70. The molecule has 0 spiro atoms. The minimum Gasteiger partial charge on any atom is -0.205 e. The molecule has 0 N–H and O–H groups in total. The molecule has 0 nitrogen and oxygen atoms in total. The van der Waals surface area contributed by atoms with E-state index in [-0.39, 0.29) is 0 Å². The second-order valence-electron chi connectivity index (χ2n) is 2.46. The summed E-state index contributed by atoms with van der Waals surface area (Å²) in [7, 11) is 0. The third kappa shape index (κ3) is 1.93. The molecule has 0 atom stereocenters. The molecule has 2 aromatic heterocycles. The molecule has 0 aliphatic rings. The fourth-order valence-corrected chi connectivity index (χ4v) is 4.02. The quantitative estimate of drug-likeness (QED) is 0.649. The van der Waals surface area contributed by atoms with Crippen LogP contribution in [0.25, 0.3) is 9.75 Å². The molecule has 14 heavy (non-hydrogen) atoms. The molecule has 0 aliphatic heterocycles. The summed E-state index contributed by atoms with van der Waals surface area (Å²) in [6.45, 7) is 0. The van der Waals surface area contributed by atoms with E-state index in [9.17, 15) is 8.78 Å². The van der Waals surface area contributed by atoms with Gasteiger partial charge in [-0.15, -0.1) is 22.7 Å². The van der Waals surface area contributed by atoms with Gasteiger partial charge < -0.3 is 0 Å². The maximum Gasteiger partial charge on any atom is 0.143 e. The fourth-order valence-electron chi connectivity index (χ4n) is 0.991. The van der Waals surface area contributed by atoms with Crippen molar-refractivity contribution < 1.29 is 8.78 Å². The van der Waals surface area contributed by atoms with E-state index < -0.39 is 11.6 Å². The third-order valence-corrected chi connectivity index (χ3v) is 4.91. The molecule has 0 fully saturated rings. The molecule has 74 valence electrons. The first-order chi connectivity index (χ1) is 6.58. The molecule has 0 saturated carbocycles. The summed E-state index contributed by atoms with van der Waals surface area (Å²) in [6, 6.07) is 2.68. The molecular weight excluding hydrogens is 358 g/mol. The Kier molecular flexibility index (Phi) is 3.06. The van der Waals surface area contributed by atoms with Gasteiger partial charge in [0.05, 0.1) is 17.3 Å². The summed E-state index contributed by atoms with van der Waals surface area (Å²) in [5.41, 5.74) is 0. The van der Waals surface area contributed by atoms with Crippen molar-refractivity contribution in [3.63, 3.8) is 0 Å². The van der Waals surface area contributed by atoms with Crippen molar-refractivity contribution in [2.45, 2.75) is 0 Å². The van der Waals surface area contributed by atoms with Gasteiger partial charge in [-0.25, -0.2) is 8.78 Å². The predicted molar refractivity (Wildman–Crippen MR) is 62.9 cm³/mol. The summed E-state index contributed by atoms with van der Waals surface area (Å²) < 4.78 is 27.9. The topological polar surface area (TPSA) is 0 Å². The van der Waals surface area contributed by atoms with Gasteiger partial charge in [-0.05, 0) is 44.0 Å². The Hall–Kier alpha value is 0.220. The molecule has 0 aliphatic carbocycles. The normalized spacial score (nSPS) is 10.9. The Balaban J connectivity index is 2.59. The van der Waals surface area contributed by atoms with Gasteiger partial charge in [0.15, 0.2) is 0 Å². The van der Waals surface area contributed by atoms with E-state index in [0.29, 0.717) is 17.3 Å². The van der Waals surface area contributed by atoms with Crippen LogP contribution in [0.3, 0.4) is 0 Å². The SMILES string of the molecule is Fc1cc(Br)sc1-c1sc(Br)cc1F. The van der Waals surface area contributed by atoms with Gasteiger partial charge in [0, 0.05) is 0 Å². The second kappa shape index (κ2) is 4.00. The number of rotatable bonds is 1. The Morgan fingerprint density at radius 1 is 0.857 bits per heavy atom. The summed E-state index contributed by atoms with van der Waals surface area (Å²) >= 11 is 8.69. The monoisotopic (exact) mass is 358 g/mol.